The highest BCUT2D eigenvalue weighted by atomic mass is 19.4. The predicted molar refractivity (Wildman–Crippen MR) is 94.1 cm³/mol. The maximum Gasteiger partial charge on any atom is 0.417 e. The summed E-state index contributed by atoms with van der Waals surface area (Å²) in [5.74, 6) is -2.77. The molecule has 0 bridgehead atoms. The van der Waals surface area contributed by atoms with Crippen LogP contribution in [0.1, 0.15) is 44.1 Å². The molecular formula is C19H23F6N3O. The molecule has 2 heterocycles. The monoisotopic (exact) mass is 423 g/mol. The van der Waals surface area contributed by atoms with Crippen LogP contribution in [0.15, 0.2) is 18.3 Å². The van der Waals surface area contributed by atoms with E-state index in [4.69, 9.17) is 0 Å². The Kier molecular flexibility index (Phi) is 6.28. The first-order chi connectivity index (χ1) is 13.6. The fraction of sp³-hybridized carbons (Fsp3) is 0.684. The minimum Gasteiger partial charge on any atom is -0.356 e. The Hall–Kier alpha value is -2.00. The van der Waals surface area contributed by atoms with Crippen LogP contribution in [0.3, 0.4) is 0 Å². The summed E-state index contributed by atoms with van der Waals surface area (Å²) in [6, 6.07) is 2.03. The molecule has 2 aliphatic rings. The Morgan fingerprint density at radius 1 is 1.00 bits per heavy atom. The molecule has 1 aliphatic carbocycles. The van der Waals surface area contributed by atoms with Crippen molar-refractivity contribution in [3.8, 4) is 0 Å². The molecule has 0 radical (unpaired) electrons. The van der Waals surface area contributed by atoms with Gasteiger partial charge in [-0.05, 0) is 37.8 Å². The van der Waals surface area contributed by atoms with E-state index in [1.54, 1.807) is 0 Å². The van der Waals surface area contributed by atoms with Crippen molar-refractivity contribution in [3.63, 3.8) is 0 Å². The lowest BCUT2D eigenvalue weighted by Gasteiger charge is -2.36. The number of hydrogen-bond donors (Lipinski definition) is 1. The van der Waals surface area contributed by atoms with Crippen LogP contribution in [0, 0.1) is 11.8 Å². The molecule has 0 spiro atoms. The molecule has 29 heavy (non-hydrogen) atoms. The summed E-state index contributed by atoms with van der Waals surface area (Å²) in [6.07, 6.45) is -5.73. The molecule has 4 nitrogen and oxygen atoms in total. The first-order valence-electron chi connectivity index (χ1n) is 9.71. The van der Waals surface area contributed by atoms with Gasteiger partial charge in [-0.2, -0.15) is 26.3 Å². The van der Waals surface area contributed by atoms with Crippen LogP contribution in [-0.4, -0.2) is 36.2 Å². The first-order valence-corrected chi connectivity index (χ1v) is 9.71. The third-order valence-corrected chi connectivity index (χ3v) is 5.76. The van der Waals surface area contributed by atoms with E-state index in [9.17, 15) is 31.1 Å². The fourth-order valence-corrected chi connectivity index (χ4v) is 4.14. The quantitative estimate of drug-likeness (QED) is 0.726. The van der Waals surface area contributed by atoms with Crippen molar-refractivity contribution in [3.05, 3.63) is 23.9 Å². The Morgan fingerprint density at radius 3 is 2.21 bits per heavy atom. The van der Waals surface area contributed by atoms with E-state index in [0.29, 0.717) is 44.6 Å². The topological polar surface area (TPSA) is 45.2 Å². The number of halogens is 6. The van der Waals surface area contributed by atoms with Crippen LogP contribution in [0.2, 0.25) is 0 Å². The van der Waals surface area contributed by atoms with Crippen LogP contribution >= 0.6 is 0 Å². The second-order valence-corrected chi connectivity index (χ2v) is 7.71. The third kappa shape index (κ3) is 5.33. The molecule has 10 heteroatoms. The summed E-state index contributed by atoms with van der Waals surface area (Å²) in [5, 5.41) is 2.76. The molecule has 0 aromatic carbocycles. The molecule has 1 saturated carbocycles. The summed E-state index contributed by atoms with van der Waals surface area (Å²) < 4.78 is 77.5. The Labute approximate surface area is 164 Å². The minimum absolute atomic E-state index is 0.0143. The molecule has 162 valence electrons. The summed E-state index contributed by atoms with van der Waals surface area (Å²) in [4.78, 5) is 18.1. The minimum atomic E-state index is -4.45. The van der Waals surface area contributed by atoms with Gasteiger partial charge in [-0.25, -0.2) is 4.98 Å². The first kappa shape index (κ1) is 21.7. The van der Waals surface area contributed by atoms with Crippen LogP contribution in [0.4, 0.5) is 32.2 Å². The number of hydrogen-bond acceptors (Lipinski definition) is 3. The largest absolute Gasteiger partial charge is 0.417 e. The van der Waals surface area contributed by atoms with Crippen molar-refractivity contribution in [1.29, 1.82) is 0 Å². The van der Waals surface area contributed by atoms with Crippen LogP contribution in [-0.2, 0) is 11.0 Å². The summed E-state index contributed by atoms with van der Waals surface area (Å²) in [5.41, 5.74) is -0.824. The summed E-state index contributed by atoms with van der Waals surface area (Å²) in [6.45, 7) is 0.910. The normalized spacial score (nSPS) is 24.4. The fourth-order valence-electron chi connectivity index (χ4n) is 4.14. The van der Waals surface area contributed by atoms with Gasteiger partial charge in [0.15, 0.2) is 0 Å². The van der Waals surface area contributed by atoms with Gasteiger partial charge in [0.1, 0.15) is 5.82 Å². The van der Waals surface area contributed by atoms with E-state index in [1.807, 2.05) is 4.90 Å². The average molecular weight is 423 g/mol. The van der Waals surface area contributed by atoms with E-state index in [-0.39, 0.29) is 18.9 Å². The number of pyridine rings is 1. The number of carbonyl (C=O) groups excluding carboxylic acids is 1. The van der Waals surface area contributed by atoms with Gasteiger partial charge in [-0.15, -0.1) is 0 Å². The average Bonchev–Trinajstić information content (AvgIpc) is 2.67. The number of anilines is 1. The zero-order valence-electron chi connectivity index (χ0n) is 15.7. The molecule has 1 aromatic rings. The second-order valence-electron chi connectivity index (χ2n) is 7.71. The molecule has 2 atom stereocenters. The Bertz CT molecular complexity index is 695. The van der Waals surface area contributed by atoms with Crippen molar-refractivity contribution < 1.29 is 31.1 Å². The number of aromatic nitrogens is 1. The van der Waals surface area contributed by atoms with E-state index in [0.717, 1.165) is 12.3 Å². The van der Waals surface area contributed by atoms with Gasteiger partial charge in [0.25, 0.3) is 0 Å². The van der Waals surface area contributed by atoms with E-state index in [2.05, 4.69) is 10.3 Å². The lowest BCUT2D eigenvalue weighted by atomic mass is 9.78. The van der Waals surface area contributed by atoms with E-state index < -0.39 is 35.7 Å². The SMILES string of the molecule is O=C(NC1CCN(c2ccc(C(F)(F)F)cn2)CC1)C1CCCCC1C(F)(F)F. The number of nitrogens with one attached hydrogen (secondary N) is 1. The lowest BCUT2D eigenvalue weighted by Crippen LogP contribution is -2.49. The molecule has 1 N–H and O–H groups in total. The van der Waals surface area contributed by atoms with Gasteiger partial charge < -0.3 is 10.2 Å². The number of alkyl halides is 6. The smallest absolute Gasteiger partial charge is 0.356 e. The van der Waals surface area contributed by atoms with E-state index in [1.165, 1.54) is 6.07 Å². The Morgan fingerprint density at radius 2 is 1.66 bits per heavy atom. The highest BCUT2D eigenvalue weighted by Crippen LogP contribution is 2.41. The lowest BCUT2D eigenvalue weighted by molar-refractivity contribution is -0.198. The third-order valence-electron chi connectivity index (χ3n) is 5.76. The number of amides is 1. The predicted octanol–water partition coefficient (Wildman–Crippen LogP) is 4.55. The van der Waals surface area contributed by atoms with Crippen molar-refractivity contribution in [2.75, 3.05) is 18.0 Å². The molecule has 2 fully saturated rings. The van der Waals surface area contributed by atoms with Gasteiger partial charge in [0.2, 0.25) is 5.91 Å². The molecule has 1 aromatic heterocycles. The second kappa shape index (κ2) is 8.39. The Balaban J connectivity index is 1.53. The molecule has 2 unspecified atom stereocenters. The number of carbonyl (C=O) groups is 1. The molecule has 3 rings (SSSR count). The zero-order chi connectivity index (χ0) is 21.2. The maximum absolute atomic E-state index is 13.2. The number of nitrogens with zero attached hydrogens (tertiary/aromatic N) is 2. The van der Waals surface area contributed by atoms with Gasteiger partial charge in [0.05, 0.1) is 11.5 Å². The van der Waals surface area contributed by atoms with Gasteiger partial charge in [-0.3, -0.25) is 4.79 Å². The number of rotatable bonds is 3. The summed E-state index contributed by atoms with van der Waals surface area (Å²) >= 11 is 0. The van der Waals surface area contributed by atoms with Crippen molar-refractivity contribution in [2.45, 2.75) is 56.9 Å². The molecular weight excluding hydrogens is 400 g/mol. The van der Waals surface area contributed by atoms with E-state index >= 15 is 0 Å². The van der Waals surface area contributed by atoms with Crippen molar-refractivity contribution in [2.24, 2.45) is 11.8 Å². The maximum atomic E-state index is 13.2. The highest BCUT2D eigenvalue weighted by Gasteiger charge is 2.48. The zero-order valence-corrected chi connectivity index (χ0v) is 15.7. The van der Waals surface area contributed by atoms with Crippen molar-refractivity contribution >= 4 is 11.7 Å². The van der Waals surface area contributed by atoms with Crippen molar-refractivity contribution in [1.82, 2.24) is 10.3 Å². The molecule has 1 saturated heterocycles. The van der Waals surface area contributed by atoms with Gasteiger partial charge >= 0.3 is 12.4 Å². The van der Waals surface area contributed by atoms with Crippen LogP contribution < -0.4 is 10.2 Å². The van der Waals surface area contributed by atoms with Gasteiger partial charge in [-0.1, -0.05) is 12.8 Å². The van der Waals surface area contributed by atoms with Crippen LogP contribution in [0.25, 0.3) is 0 Å². The molecule has 1 amide bonds. The van der Waals surface area contributed by atoms with Gasteiger partial charge in [0, 0.05) is 31.2 Å². The number of piperidine rings is 1. The molecule has 1 aliphatic heterocycles. The standard InChI is InChI=1S/C19H23F6N3O/c20-18(21,22)12-5-6-16(26-11-12)28-9-7-13(8-10-28)27-17(29)14-3-1-2-4-15(14)19(23,24)25/h5-6,11,13-15H,1-4,7-10H2,(H,27,29). The highest BCUT2D eigenvalue weighted by molar-refractivity contribution is 5.79. The summed E-state index contributed by atoms with van der Waals surface area (Å²) in [7, 11) is 0. The van der Waals surface area contributed by atoms with Crippen LogP contribution in [0.5, 0.6) is 0 Å².